The Labute approximate surface area is 179 Å². The van der Waals surface area contributed by atoms with E-state index in [0.717, 1.165) is 29.5 Å². The van der Waals surface area contributed by atoms with E-state index in [1.54, 1.807) is 13.2 Å². The average molecular weight is 427 g/mol. The third-order valence-corrected chi connectivity index (χ3v) is 6.07. The van der Waals surface area contributed by atoms with Gasteiger partial charge in [-0.1, -0.05) is 24.4 Å². The van der Waals surface area contributed by atoms with E-state index in [4.69, 9.17) is 26.4 Å². The van der Waals surface area contributed by atoms with Crippen LogP contribution in [0.1, 0.15) is 48.9 Å². The van der Waals surface area contributed by atoms with Gasteiger partial charge in [-0.05, 0) is 36.6 Å². The lowest BCUT2D eigenvalue weighted by Crippen LogP contribution is -2.17. The largest absolute Gasteiger partial charge is 0.383 e. The van der Waals surface area contributed by atoms with Gasteiger partial charge in [-0.15, -0.1) is 0 Å². The van der Waals surface area contributed by atoms with E-state index < -0.39 is 5.92 Å². The van der Waals surface area contributed by atoms with E-state index in [-0.39, 0.29) is 5.91 Å². The molecule has 1 atom stereocenters. The second-order valence-corrected chi connectivity index (χ2v) is 8.23. The lowest BCUT2D eigenvalue weighted by atomic mass is 9.95. The molecule has 1 saturated carbocycles. The highest BCUT2D eigenvalue weighted by molar-refractivity contribution is 6.31. The molecule has 5 rings (SSSR count). The molecule has 1 aliphatic carbocycles. The Balaban J connectivity index is 1.63. The minimum Gasteiger partial charge on any atom is -0.383 e. The van der Waals surface area contributed by atoms with Crippen LogP contribution < -0.4 is 10.6 Å². The van der Waals surface area contributed by atoms with Gasteiger partial charge in [0, 0.05) is 30.6 Å². The summed E-state index contributed by atoms with van der Waals surface area (Å²) in [6, 6.07) is 5.80. The second-order valence-electron chi connectivity index (χ2n) is 7.79. The van der Waals surface area contributed by atoms with Crippen molar-refractivity contribution in [2.24, 2.45) is 0 Å². The van der Waals surface area contributed by atoms with Crippen molar-refractivity contribution in [1.82, 2.24) is 19.7 Å². The first kappa shape index (κ1) is 19.3. The van der Waals surface area contributed by atoms with Gasteiger partial charge in [0.25, 0.3) is 0 Å². The number of nitrogens with one attached hydrogen (secondary N) is 2. The van der Waals surface area contributed by atoms with Gasteiger partial charge in [-0.25, -0.2) is 4.98 Å². The molecule has 1 unspecified atom stereocenters. The summed E-state index contributed by atoms with van der Waals surface area (Å²) in [5, 5.41) is 12.3. The van der Waals surface area contributed by atoms with Gasteiger partial charge in [0.2, 0.25) is 11.9 Å². The number of aromatic nitrogens is 4. The van der Waals surface area contributed by atoms with Crippen molar-refractivity contribution in [2.45, 2.75) is 37.6 Å². The Morgan fingerprint density at radius 2 is 2.13 bits per heavy atom. The van der Waals surface area contributed by atoms with Crippen LogP contribution in [0.25, 0.3) is 11.0 Å². The van der Waals surface area contributed by atoms with Crippen molar-refractivity contribution >= 4 is 40.2 Å². The molecular weight excluding hydrogens is 404 g/mol. The van der Waals surface area contributed by atoms with Crippen molar-refractivity contribution < 1.29 is 9.53 Å². The number of carbonyl (C=O) groups excluding carboxylic acids is 1. The first-order valence-electron chi connectivity index (χ1n) is 10.2. The number of rotatable bonds is 6. The standard InChI is InChI=1S/C21H23ClN6O2/c1-30-9-8-23-21-25-18(17-14-10-12(22)6-7-16(14)24-20(17)29)15-11-28(27-19(15)26-21)13-4-2-3-5-13/h6-7,10-11,13,17H,2-5,8-9H2,1H3,(H,24,29)(H,23,26,27). The van der Waals surface area contributed by atoms with Gasteiger partial charge in [-0.3, -0.25) is 9.48 Å². The van der Waals surface area contributed by atoms with Crippen LogP contribution in [0.4, 0.5) is 11.6 Å². The van der Waals surface area contributed by atoms with Crippen LogP contribution in [-0.4, -0.2) is 45.9 Å². The highest BCUT2D eigenvalue weighted by Gasteiger charge is 2.36. The quantitative estimate of drug-likeness (QED) is 0.583. The van der Waals surface area contributed by atoms with Crippen LogP contribution in [-0.2, 0) is 9.53 Å². The summed E-state index contributed by atoms with van der Waals surface area (Å²) in [7, 11) is 1.64. The zero-order valence-electron chi connectivity index (χ0n) is 16.7. The van der Waals surface area contributed by atoms with E-state index in [9.17, 15) is 4.79 Å². The minimum absolute atomic E-state index is 0.122. The number of ether oxygens (including phenoxy) is 1. The molecule has 0 saturated heterocycles. The lowest BCUT2D eigenvalue weighted by molar-refractivity contribution is -0.116. The van der Waals surface area contributed by atoms with E-state index in [1.807, 2.05) is 23.0 Å². The monoisotopic (exact) mass is 426 g/mol. The molecule has 8 nitrogen and oxygen atoms in total. The fourth-order valence-corrected chi connectivity index (χ4v) is 4.55. The van der Waals surface area contributed by atoms with Crippen LogP contribution in [0.3, 0.4) is 0 Å². The fourth-order valence-electron chi connectivity index (χ4n) is 4.37. The molecule has 2 aliphatic rings. The second kappa shape index (κ2) is 7.85. The van der Waals surface area contributed by atoms with Crippen LogP contribution in [0.5, 0.6) is 0 Å². The smallest absolute Gasteiger partial charge is 0.238 e. The molecule has 3 heterocycles. The SMILES string of the molecule is COCCNc1nc(C2C(=O)Nc3ccc(Cl)cc32)c2cn(C3CCCC3)nc2n1. The number of benzene rings is 1. The van der Waals surface area contributed by atoms with Gasteiger partial charge < -0.3 is 15.4 Å². The highest BCUT2D eigenvalue weighted by atomic mass is 35.5. The van der Waals surface area contributed by atoms with E-state index in [1.165, 1.54) is 12.8 Å². The average Bonchev–Trinajstić information content (AvgIpc) is 3.45. The van der Waals surface area contributed by atoms with Gasteiger partial charge in [0.05, 0.1) is 23.7 Å². The molecule has 9 heteroatoms. The molecule has 1 amide bonds. The van der Waals surface area contributed by atoms with Gasteiger partial charge in [0.1, 0.15) is 5.92 Å². The van der Waals surface area contributed by atoms with Crippen molar-refractivity contribution in [3.63, 3.8) is 0 Å². The topological polar surface area (TPSA) is 94.0 Å². The number of hydrogen-bond donors (Lipinski definition) is 2. The molecule has 0 spiro atoms. The number of halogens is 1. The van der Waals surface area contributed by atoms with Gasteiger partial charge in [-0.2, -0.15) is 10.1 Å². The summed E-state index contributed by atoms with van der Waals surface area (Å²) < 4.78 is 7.11. The first-order chi connectivity index (χ1) is 14.6. The predicted octanol–water partition coefficient (Wildman–Crippen LogP) is 3.74. The van der Waals surface area contributed by atoms with Gasteiger partial charge in [0.15, 0.2) is 5.65 Å². The number of methoxy groups -OCH3 is 1. The Kier molecular flexibility index (Phi) is 5.04. The normalized spacial score (nSPS) is 18.7. The molecule has 0 radical (unpaired) electrons. The maximum Gasteiger partial charge on any atom is 0.238 e. The lowest BCUT2D eigenvalue weighted by Gasteiger charge is -2.12. The molecule has 2 aromatic heterocycles. The molecule has 30 heavy (non-hydrogen) atoms. The summed E-state index contributed by atoms with van der Waals surface area (Å²) in [6.45, 7) is 1.08. The Hall–Kier alpha value is -2.71. The summed E-state index contributed by atoms with van der Waals surface area (Å²) in [5.74, 6) is -0.244. The third-order valence-electron chi connectivity index (χ3n) is 5.83. The van der Waals surface area contributed by atoms with Crippen molar-refractivity contribution in [3.8, 4) is 0 Å². The summed E-state index contributed by atoms with van der Waals surface area (Å²) in [6.07, 6.45) is 6.63. The molecule has 1 fully saturated rings. The maximum absolute atomic E-state index is 12.9. The molecule has 1 aromatic carbocycles. The third kappa shape index (κ3) is 3.40. The number of amides is 1. The minimum atomic E-state index is -0.562. The van der Waals surface area contributed by atoms with Gasteiger partial charge >= 0.3 is 0 Å². The van der Waals surface area contributed by atoms with Crippen molar-refractivity contribution in [1.29, 1.82) is 0 Å². The molecule has 2 N–H and O–H groups in total. The number of hydrogen-bond acceptors (Lipinski definition) is 6. The van der Waals surface area contributed by atoms with E-state index >= 15 is 0 Å². The Morgan fingerprint density at radius 1 is 1.30 bits per heavy atom. The number of anilines is 2. The first-order valence-corrected chi connectivity index (χ1v) is 10.6. The Bertz CT molecular complexity index is 1110. The zero-order valence-corrected chi connectivity index (χ0v) is 17.4. The number of nitrogens with zero attached hydrogens (tertiary/aromatic N) is 4. The van der Waals surface area contributed by atoms with E-state index in [2.05, 4.69) is 15.6 Å². The zero-order chi connectivity index (χ0) is 20.7. The highest BCUT2D eigenvalue weighted by Crippen LogP contribution is 2.40. The van der Waals surface area contributed by atoms with Crippen molar-refractivity contribution in [2.75, 3.05) is 30.9 Å². The molecule has 1 aliphatic heterocycles. The number of carbonyl (C=O) groups is 1. The van der Waals surface area contributed by atoms with Crippen molar-refractivity contribution in [3.05, 3.63) is 40.7 Å². The molecule has 3 aromatic rings. The van der Waals surface area contributed by atoms with Crippen LogP contribution in [0.15, 0.2) is 24.4 Å². The summed E-state index contributed by atoms with van der Waals surface area (Å²) in [4.78, 5) is 22.3. The number of fused-ring (bicyclic) bond motifs is 2. The fraction of sp³-hybridized carbons (Fsp3) is 0.429. The molecule has 0 bridgehead atoms. The predicted molar refractivity (Wildman–Crippen MR) is 115 cm³/mol. The van der Waals surface area contributed by atoms with E-state index in [0.29, 0.717) is 41.5 Å². The van der Waals surface area contributed by atoms with Crippen LogP contribution in [0, 0.1) is 0 Å². The van der Waals surface area contributed by atoms with Crippen LogP contribution in [0.2, 0.25) is 5.02 Å². The van der Waals surface area contributed by atoms with Crippen LogP contribution >= 0.6 is 11.6 Å². The molecular formula is C21H23ClN6O2. The summed E-state index contributed by atoms with van der Waals surface area (Å²) in [5.41, 5.74) is 2.82. The molecule has 156 valence electrons. The summed E-state index contributed by atoms with van der Waals surface area (Å²) >= 11 is 6.23. The Morgan fingerprint density at radius 3 is 2.93 bits per heavy atom. The maximum atomic E-state index is 12.9.